The standard InChI is InChI=1S/C56H104O6/c1-4-7-10-13-16-19-22-25-28-31-34-37-40-43-46-49-55(58)61-52-53(51-60-54(57)48-45-42-39-36-33-30-27-24-21-18-15-12-9-6-3)62-56(59)50-47-44-41-38-35-32-29-26-23-20-17-14-11-8-5-2/h25,28-29,32,53H,4-24,26-27,30-31,33-52H2,1-3H3. The molecule has 0 heterocycles. The summed E-state index contributed by atoms with van der Waals surface area (Å²) in [5, 5.41) is 0. The van der Waals surface area contributed by atoms with Crippen molar-refractivity contribution in [3.63, 3.8) is 0 Å². The second kappa shape index (κ2) is 51.5. The quantitative estimate of drug-likeness (QED) is 0.0262. The van der Waals surface area contributed by atoms with E-state index >= 15 is 0 Å². The highest BCUT2D eigenvalue weighted by atomic mass is 16.6. The minimum atomic E-state index is -0.776. The Bertz CT molecular complexity index is 1000. The van der Waals surface area contributed by atoms with Gasteiger partial charge in [-0.2, -0.15) is 0 Å². The summed E-state index contributed by atoms with van der Waals surface area (Å²) in [6.45, 7) is 6.65. The zero-order valence-corrected chi connectivity index (χ0v) is 41.7. The number of hydrogen-bond acceptors (Lipinski definition) is 6. The van der Waals surface area contributed by atoms with E-state index in [1.54, 1.807) is 0 Å². The normalized spacial score (nSPS) is 12.1. The molecular formula is C56H104O6. The molecule has 0 aliphatic carbocycles. The van der Waals surface area contributed by atoms with E-state index in [1.165, 1.54) is 180 Å². The van der Waals surface area contributed by atoms with Crippen LogP contribution in [0.1, 0.15) is 297 Å². The first-order valence-corrected chi connectivity index (χ1v) is 27.3. The molecule has 1 atom stereocenters. The Balaban J connectivity index is 4.37. The van der Waals surface area contributed by atoms with Crippen molar-refractivity contribution in [2.75, 3.05) is 13.2 Å². The van der Waals surface area contributed by atoms with Crippen LogP contribution in [-0.2, 0) is 28.6 Å². The second-order valence-corrected chi connectivity index (χ2v) is 18.5. The molecule has 0 aliphatic heterocycles. The topological polar surface area (TPSA) is 78.9 Å². The third-order valence-electron chi connectivity index (χ3n) is 12.2. The van der Waals surface area contributed by atoms with Crippen molar-refractivity contribution in [1.82, 2.24) is 0 Å². The van der Waals surface area contributed by atoms with E-state index in [0.29, 0.717) is 19.3 Å². The van der Waals surface area contributed by atoms with Crippen molar-refractivity contribution < 1.29 is 28.6 Å². The predicted octanol–water partition coefficient (Wildman–Crippen LogP) is 17.9. The van der Waals surface area contributed by atoms with E-state index in [4.69, 9.17) is 14.2 Å². The van der Waals surface area contributed by atoms with Crippen LogP contribution in [0.25, 0.3) is 0 Å². The van der Waals surface area contributed by atoms with E-state index < -0.39 is 6.10 Å². The maximum Gasteiger partial charge on any atom is 0.306 e. The van der Waals surface area contributed by atoms with Crippen molar-refractivity contribution in [3.8, 4) is 0 Å². The average Bonchev–Trinajstić information content (AvgIpc) is 3.27. The van der Waals surface area contributed by atoms with E-state index in [2.05, 4.69) is 45.1 Å². The van der Waals surface area contributed by atoms with Gasteiger partial charge in [-0.15, -0.1) is 0 Å². The predicted molar refractivity (Wildman–Crippen MR) is 266 cm³/mol. The maximum absolute atomic E-state index is 12.8. The number of allylic oxidation sites excluding steroid dienone is 4. The van der Waals surface area contributed by atoms with E-state index in [-0.39, 0.29) is 31.1 Å². The molecule has 0 fully saturated rings. The van der Waals surface area contributed by atoms with Crippen LogP contribution >= 0.6 is 0 Å². The Kier molecular flexibility index (Phi) is 49.8. The summed E-state index contributed by atoms with van der Waals surface area (Å²) in [5.41, 5.74) is 0. The Morgan fingerprint density at radius 1 is 0.306 bits per heavy atom. The minimum absolute atomic E-state index is 0.0744. The molecule has 6 heteroatoms. The van der Waals surface area contributed by atoms with Gasteiger partial charge in [0.05, 0.1) is 0 Å². The molecule has 0 radical (unpaired) electrons. The van der Waals surface area contributed by atoms with Gasteiger partial charge in [0.1, 0.15) is 13.2 Å². The Labute approximate surface area is 385 Å². The fourth-order valence-electron chi connectivity index (χ4n) is 8.02. The molecule has 364 valence electrons. The van der Waals surface area contributed by atoms with E-state index in [0.717, 1.165) is 77.0 Å². The highest BCUT2D eigenvalue weighted by molar-refractivity contribution is 5.71. The highest BCUT2D eigenvalue weighted by Crippen LogP contribution is 2.16. The van der Waals surface area contributed by atoms with Gasteiger partial charge in [-0.05, 0) is 70.6 Å². The molecule has 0 saturated heterocycles. The van der Waals surface area contributed by atoms with Gasteiger partial charge in [-0.25, -0.2) is 0 Å². The van der Waals surface area contributed by atoms with Gasteiger partial charge in [0.25, 0.3) is 0 Å². The molecule has 0 rings (SSSR count). The van der Waals surface area contributed by atoms with Gasteiger partial charge in [-0.3, -0.25) is 14.4 Å². The summed E-state index contributed by atoms with van der Waals surface area (Å²) in [6.07, 6.45) is 58.7. The molecule has 0 bridgehead atoms. The molecule has 0 saturated carbocycles. The summed E-state index contributed by atoms with van der Waals surface area (Å²) in [5.74, 6) is -0.879. The first kappa shape index (κ1) is 59.9. The lowest BCUT2D eigenvalue weighted by molar-refractivity contribution is -0.167. The maximum atomic E-state index is 12.8. The third-order valence-corrected chi connectivity index (χ3v) is 12.2. The number of esters is 3. The minimum Gasteiger partial charge on any atom is -0.462 e. The summed E-state index contributed by atoms with van der Waals surface area (Å²) in [6, 6.07) is 0. The molecule has 0 aromatic heterocycles. The molecule has 0 amide bonds. The zero-order valence-electron chi connectivity index (χ0n) is 41.7. The number of hydrogen-bond donors (Lipinski definition) is 0. The van der Waals surface area contributed by atoms with Crippen molar-refractivity contribution in [1.29, 1.82) is 0 Å². The SMILES string of the molecule is CCCCCCCCC=CCCCCCCCC(=O)OCC(COC(=O)CCCCCCCCCCCCCCCC)OC(=O)CCCCCCC=CCCCCCCCCC. The van der Waals surface area contributed by atoms with Crippen LogP contribution in [-0.4, -0.2) is 37.2 Å². The fraction of sp³-hybridized carbons (Fsp3) is 0.875. The third kappa shape index (κ3) is 48.9. The molecule has 62 heavy (non-hydrogen) atoms. The molecule has 0 aromatic rings. The van der Waals surface area contributed by atoms with Crippen LogP contribution in [0.2, 0.25) is 0 Å². The largest absolute Gasteiger partial charge is 0.462 e. The second-order valence-electron chi connectivity index (χ2n) is 18.5. The van der Waals surface area contributed by atoms with Crippen LogP contribution in [0.3, 0.4) is 0 Å². The van der Waals surface area contributed by atoms with Crippen molar-refractivity contribution >= 4 is 17.9 Å². The van der Waals surface area contributed by atoms with Crippen LogP contribution in [0, 0.1) is 0 Å². The van der Waals surface area contributed by atoms with Crippen molar-refractivity contribution in [3.05, 3.63) is 24.3 Å². The summed E-state index contributed by atoms with van der Waals surface area (Å²) in [7, 11) is 0. The van der Waals surface area contributed by atoms with Crippen molar-refractivity contribution in [2.24, 2.45) is 0 Å². The van der Waals surface area contributed by atoms with Gasteiger partial charge in [0.15, 0.2) is 6.10 Å². The number of ether oxygens (including phenoxy) is 3. The van der Waals surface area contributed by atoms with Gasteiger partial charge >= 0.3 is 17.9 Å². The average molecular weight is 873 g/mol. The van der Waals surface area contributed by atoms with Crippen LogP contribution < -0.4 is 0 Å². The molecule has 0 spiro atoms. The summed E-state index contributed by atoms with van der Waals surface area (Å²) < 4.78 is 16.8. The van der Waals surface area contributed by atoms with E-state index in [9.17, 15) is 14.4 Å². The zero-order chi connectivity index (χ0) is 45.1. The van der Waals surface area contributed by atoms with Gasteiger partial charge < -0.3 is 14.2 Å². The van der Waals surface area contributed by atoms with E-state index in [1.807, 2.05) is 0 Å². The number of unbranched alkanes of at least 4 members (excludes halogenated alkanes) is 35. The smallest absolute Gasteiger partial charge is 0.306 e. The molecule has 0 aliphatic rings. The molecule has 6 nitrogen and oxygen atoms in total. The first-order chi connectivity index (χ1) is 30.5. The molecule has 1 unspecified atom stereocenters. The monoisotopic (exact) mass is 873 g/mol. The lowest BCUT2D eigenvalue weighted by Gasteiger charge is -2.18. The van der Waals surface area contributed by atoms with Crippen LogP contribution in [0.5, 0.6) is 0 Å². The number of carbonyl (C=O) groups is 3. The van der Waals surface area contributed by atoms with Crippen LogP contribution in [0.4, 0.5) is 0 Å². The van der Waals surface area contributed by atoms with Crippen LogP contribution in [0.15, 0.2) is 24.3 Å². The number of carbonyl (C=O) groups excluding carboxylic acids is 3. The molecular weight excluding hydrogens is 769 g/mol. The van der Waals surface area contributed by atoms with Gasteiger partial charge in [-0.1, -0.05) is 231 Å². The first-order valence-electron chi connectivity index (χ1n) is 27.3. The Morgan fingerprint density at radius 3 is 0.806 bits per heavy atom. The molecule has 0 N–H and O–H groups in total. The lowest BCUT2D eigenvalue weighted by Crippen LogP contribution is -2.30. The number of rotatable bonds is 50. The lowest BCUT2D eigenvalue weighted by atomic mass is 10.0. The Hall–Kier alpha value is -2.11. The fourth-order valence-corrected chi connectivity index (χ4v) is 8.02. The Morgan fingerprint density at radius 2 is 0.532 bits per heavy atom. The van der Waals surface area contributed by atoms with Crippen molar-refractivity contribution in [2.45, 2.75) is 303 Å². The molecule has 0 aromatic carbocycles. The van der Waals surface area contributed by atoms with Gasteiger partial charge in [0, 0.05) is 19.3 Å². The highest BCUT2D eigenvalue weighted by Gasteiger charge is 2.19. The summed E-state index contributed by atoms with van der Waals surface area (Å²) in [4.78, 5) is 38.0. The van der Waals surface area contributed by atoms with Gasteiger partial charge in [0.2, 0.25) is 0 Å². The summed E-state index contributed by atoms with van der Waals surface area (Å²) >= 11 is 0.